The highest BCUT2D eigenvalue weighted by Gasteiger charge is 2.40. The number of rotatable bonds is 2. The van der Waals surface area contributed by atoms with Crippen LogP contribution in [0.2, 0.25) is 0 Å². The molecule has 0 radical (unpaired) electrons. The van der Waals surface area contributed by atoms with Gasteiger partial charge < -0.3 is 5.32 Å². The van der Waals surface area contributed by atoms with Crippen molar-refractivity contribution in [3.63, 3.8) is 0 Å². The Hall–Kier alpha value is -0.860. The minimum absolute atomic E-state index is 0.201. The number of hydrogen-bond acceptors (Lipinski definition) is 2. The van der Waals surface area contributed by atoms with Crippen molar-refractivity contribution in [1.82, 2.24) is 10.2 Å². The zero-order valence-electron chi connectivity index (χ0n) is 12.4. The van der Waals surface area contributed by atoms with Crippen molar-refractivity contribution in [3.8, 4) is 0 Å². The molecule has 1 aromatic rings. The standard InChI is InChI=1S/C16H26N2/c1-13-6-8-14(9-7-13)10-18-15(2,3)11-17-12-16(18,4)5/h6-9,17H,10-12H2,1-5H3. The Morgan fingerprint density at radius 2 is 1.50 bits per heavy atom. The Kier molecular flexibility index (Phi) is 3.52. The van der Waals surface area contributed by atoms with Crippen molar-refractivity contribution >= 4 is 0 Å². The van der Waals surface area contributed by atoms with Gasteiger partial charge in [0.25, 0.3) is 0 Å². The lowest BCUT2D eigenvalue weighted by Crippen LogP contribution is -2.67. The number of nitrogens with zero attached hydrogens (tertiary/aromatic N) is 1. The fraction of sp³-hybridized carbons (Fsp3) is 0.625. The van der Waals surface area contributed by atoms with E-state index in [1.165, 1.54) is 11.1 Å². The largest absolute Gasteiger partial charge is 0.313 e. The Morgan fingerprint density at radius 3 is 2.00 bits per heavy atom. The van der Waals surface area contributed by atoms with Gasteiger partial charge in [-0.1, -0.05) is 29.8 Å². The molecular weight excluding hydrogens is 220 g/mol. The molecule has 0 saturated carbocycles. The summed E-state index contributed by atoms with van der Waals surface area (Å²) in [7, 11) is 0. The number of piperazine rings is 1. The number of benzene rings is 1. The number of nitrogens with one attached hydrogen (secondary N) is 1. The van der Waals surface area contributed by atoms with Crippen LogP contribution >= 0.6 is 0 Å². The van der Waals surface area contributed by atoms with Crippen LogP contribution in [0, 0.1) is 6.92 Å². The highest BCUT2D eigenvalue weighted by atomic mass is 15.3. The Labute approximate surface area is 111 Å². The van der Waals surface area contributed by atoms with Crippen LogP contribution in [-0.4, -0.2) is 29.1 Å². The molecule has 1 saturated heterocycles. The molecule has 1 aromatic carbocycles. The van der Waals surface area contributed by atoms with E-state index < -0.39 is 0 Å². The summed E-state index contributed by atoms with van der Waals surface area (Å²) in [5, 5.41) is 3.55. The summed E-state index contributed by atoms with van der Waals surface area (Å²) in [6.07, 6.45) is 0. The molecule has 0 spiro atoms. The molecular formula is C16H26N2. The van der Waals surface area contributed by atoms with E-state index in [1.54, 1.807) is 0 Å². The summed E-state index contributed by atoms with van der Waals surface area (Å²) in [5.41, 5.74) is 3.14. The van der Waals surface area contributed by atoms with E-state index >= 15 is 0 Å². The van der Waals surface area contributed by atoms with Crippen molar-refractivity contribution in [2.45, 2.75) is 52.2 Å². The van der Waals surface area contributed by atoms with E-state index in [1.807, 2.05) is 0 Å². The molecule has 1 aliphatic rings. The highest BCUT2D eigenvalue weighted by Crippen LogP contribution is 2.30. The fourth-order valence-corrected chi connectivity index (χ4v) is 2.99. The molecule has 0 bridgehead atoms. The minimum Gasteiger partial charge on any atom is -0.313 e. The molecule has 2 heteroatoms. The Bertz CT molecular complexity index is 388. The molecule has 1 fully saturated rings. The monoisotopic (exact) mass is 246 g/mol. The summed E-state index contributed by atoms with van der Waals surface area (Å²) >= 11 is 0. The zero-order valence-corrected chi connectivity index (χ0v) is 12.4. The summed E-state index contributed by atoms with van der Waals surface area (Å²) in [6, 6.07) is 8.92. The lowest BCUT2D eigenvalue weighted by atomic mass is 9.88. The van der Waals surface area contributed by atoms with Crippen molar-refractivity contribution in [3.05, 3.63) is 35.4 Å². The molecule has 0 aromatic heterocycles. The first kappa shape index (κ1) is 13.6. The maximum absolute atomic E-state index is 3.55. The van der Waals surface area contributed by atoms with Crippen LogP contribution in [0.1, 0.15) is 38.8 Å². The lowest BCUT2D eigenvalue weighted by Gasteiger charge is -2.53. The van der Waals surface area contributed by atoms with Gasteiger partial charge in [0.15, 0.2) is 0 Å². The van der Waals surface area contributed by atoms with Gasteiger partial charge in [-0.25, -0.2) is 0 Å². The van der Waals surface area contributed by atoms with E-state index in [0.717, 1.165) is 19.6 Å². The first-order valence-electron chi connectivity index (χ1n) is 6.85. The van der Waals surface area contributed by atoms with Gasteiger partial charge in [0.05, 0.1) is 0 Å². The quantitative estimate of drug-likeness (QED) is 0.863. The van der Waals surface area contributed by atoms with Crippen LogP contribution in [0.25, 0.3) is 0 Å². The Balaban J connectivity index is 2.21. The second-order valence-corrected chi connectivity index (χ2v) is 6.80. The van der Waals surface area contributed by atoms with E-state index in [2.05, 4.69) is 69.1 Å². The van der Waals surface area contributed by atoms with Gasteiger partial charge in [-0.15, -0.1) is 0 Å². The van der Waals surface area contributed by atoms with Gasteiger partial charge >= 0.3 is 0 Å². The number of hydrogen-bond donors (Lipinski definition) is 1. The van der Waals surface area contributed by atoms with Crippen molar-refractivity contribution in [1.29, 1.82) is 0 Å². The Morgan fingerprint density at radius 1 is 1.00 bits per heavy atom. The molecule has 1 N–H and O–H groups in total. The maximum Gasteiger partial charge on any atom is 0.0287 e. The third-order valence-corrected chi connectivity index (χ3v) is 4.04. The number of aryl methyl sites for hydroxylation is 1. The van der Waals surface area contributed by atoms with Gasteiger partial charge in [0, 0.05) is 30.7 Å². The van der Waals surface area contributed by atoms with Crippen LogP contribution in [0.15, 0.2) is 24.3 Å². The van der Waals surface area contributed by atoms with E-state index in [0.29, 0.717) is 0 Å². The summed E-state index contributed by atoms with van der Waals surface area (Å²) in [5.74, 6) is 0. The summed E-state index contributed by atoms with van der Waals surface area (Å²) in [6.45, 7) is 14.6. The van der Waals surface area contributed by atoms with Crippen LogP contribution < -0.4 is 5.32 Å². The first-order valence-corrected chi connectivity index (χ1v) is 6.85. The molecule has 0 unspecified atom stereocenters. The van der Waals surface area contributed by atoms with E-state index in [9.17, 15) is 0 Å². The molecule has 0 amide bonds. The third-order valence-electron chi connectivity index (χ3n) is 4.04. The third kappa shape index (κ3) is 2.76. The molecule has 100 valence electrons. The molecule has 0 aliphatic carbocycles. The van der Waals surface area contributed by atoms with Crippen molar-refractivity contribution in [2.24, 2.45) is 0 Å². The van der Waals surface area contributed by atoms with Gasteiger partial charge in [-0.3, -0.25) is 4.90 Å². The van der Waals surface area contributed by atoms with Gasteiger partial charge in [-0.05, 0) is 40.2 Å². The van der Waals surface area contributed by atoms with E-state index in [-0.39, 0.29) is 11.1 Å². The van der Waals surface area contributed by atoms with Gasteiger partial charge in [-0.2, -0.15) is 0 Å². The molecule has 18 heavy (non-hydrogen) atoms. The second-order valence-electron chi connectivity index (χ2n) is 6.80. The van der Waals surface area contributed by atoms with Crippen LogP contribution in [0.5, 0.6) is 0 Å². The predicted molar refractivity (Wildman–Crippen MR) is 77.7 cm³/mol. The summed E-state index contributed by atoms with van der Waals surface area (Å²) in [4.78, 5) is 2.63. The fourth-order valence-electron chi connectivity index (χ4n) is 2.99. The topological polar surface area (TPSA) is 15.3 Å². The van der Waals surface area contributed by atoms with Crippen LogP contribution in [-0.2, 0) is 6.54 Å². The highest BCUT2D eigenvalue weighted by molar-refractivity contribution is 5.22. The van der Waals surface area contributed by atoms with Gasteiger partial charge in [0.2, 0.25) is 0 Å². The zero-order chi connectivity index (χ0) is 13.4. The maximum atomic E-state index is 3.55. The lowest BCUT2D eigenvalue weighted by molar-refractivity contribution is -0.0205. The molecule has 1 aliphatic heterocycles. The van der Waals surface area contributed by atoms with Gasteiger partial charge in [0.1, 0.15) is 0 Å². The molecule has 0 atom stereocenters. The minimum atomic E-state index is 0.201. The molecule has 2 rings (SSSR count). The second kappa shape index (κ2) is 4.67. The molecule has 1 heterocycles. The van der Waals surface area contributed by atoms with Crippen LogP contribution in [0.4, 0.5) is 0 Å². The smallest absolute Gasteiger partial charge is 0.0287 e. The average molecular weight is 246 g/mol. The van der Waals surface area contributed by atoms with Crippen LogP contribution in [0.3, 0.4) is 0 Å². The summed E-state index contributed by atoms with van der Waals surface area (Å²) < 4.78 is 0. The normalized spacial score (nSPS) is 22.9. The first-order chi connectivity index (χ1) is 8.31. The van der Waals surface area contributed by atoms with Crippen molar-refractivity contribution in [2.75, 3.05) is 13.1 Å². The average Bonchev–Trinajstić information content (AvgIpc) is 2.25. The SMILES string of the molecule is Cc1ccc(CN2C(C)(C)CNCC2(C)C)cc1. The predicted octanol–water partition coefficient (Wildman–Crippen LogP) is 2.96. The molecule has 2 nitrogen and oxygen atoms in total. The van der Waals surface area contributed by atoms with E-state index in [4.69, 9.17) is 0 Å². The van der Waals surface area contributed by atoms with Crippen molar-refractivity contribution < 1.29 is 0 Å².